The van der Waals surface area contributed by atoms with Gasteiger partial charge in [0.05, 0.1) is 6.04 Å². The molecule has 1 spiro atoms. The van der Waals surface area contributed by atoms with Crippen LogP contribution in [0.4, 0.5) is 0 Å². The molecule has 0 aliphatic heterocycles. The summed E-state index contributed by atoms with van der Waals surface area (Å²) in [6, 6.07) is 8.91. The number of carbonyl (C=O) groups is 3. The molecule has 4 atom stereocenters. The minimum absolute atomic E-state index is 0.150. The van der Waals surface area contributed by atoms with E-state index in [1.165, 1.54) is 6.92 Å². The zero-order valence-corrected chi connectivity index (χ0v) is 21.1. The van der Waals surface area contributed by atoms with Gasteiger partial charge in [-0.1, -0.05) is 42.0 Å². The van der Waals surface area contributed by atoms with Crippen LogP contribution >= 0.6 is 11.8 Å². The quantitative estimate of drug-likeness (QED) is 0.527. The second kappa shape index (κ2) is 9.34. The third-order valence-corrected chi connectivity index (χ3v) is 8.96. The molecule has 0 aromatic heterocycles. The Kier molecular flexibility index (Phi) is 6.80. The van der Waals surface area contributed by atoms with E-state index in [2.05, 4.69) is 17.6 Å². The topological polar surface area (TPSA) is 95.5 Å². The summed E-state index contributed by atoms with van der Waals surface area (Å²) in [6.45, 7) is 7.08. The molecular weight excluding hydrogens is 448 g/mol. The van der Waals surface area contributed by atoms with E-state index in [4.69, 9.17) is 0 Å². The van der Waals surface area contributed by atoms with E-state index in [0.717, 1.165) is 41.7 Å². The molecule has 6 nitrogen and oxygen atoms in total. The Morgan fingerprint density at radius 3 is 2.50 bits per heavy atom. The van der Waals surface area contributed by atoms with Crippen LogP contribution in [0.25, 0.3) is 0 Å². The molecule has 34 heavy (non-hydrogen) atoms. The minimum atomic E-state index is -1.32. The van der Waals surface area contributed by atoms with Crippen molar-refractivity contribution in [2.45, 2.75) is 64.6 Å². The van der Waals surface area contributed by atoms with Crippen molar-refractivity contribution in [1.29, 1.82) is 0 Å². The number of hydrogen-bond donors (Lipinski definition) is 3. The van der Waals surface area contributed by atoms with Crippen LogP contribution in [0.1, 0.15) is 58.6 Å². The molecule has 0 heterocycles. The van der Waals surface area contributed by atoms with Crippen molar-refractivity contribution in [3.05, 3.63) is 58.7 Å². The molecule has 4 rings (SSSR count). The molecule has 0 saturated heterocycles. The highest BCUT2D eigenvalue weighted by Gasteiger charge is 2.65. The first-order valence-corrected chi connectivity index (χ1v) is 13.1. The first kappa shape index (κ1) is 24.7. The zero-order chi connectivity index (χ0) is 24.7. The van der Waals surface area contributed by atoms with Crippen LogP contribution in [-0.4, -0.2) is 45.9 Å². The van der Waals surface area contributed by atoms with Crippen molar-refractivity contribution in [2.75, 3.05) is 11.5 Å². The molecule has 1 aromatic rings. The number of allylic oxidation sites excluding steroid dienone is 2. The largest absolute Gasteiger partial charge is 0.381 e. The highest BCUT2D eigenvalue weighted by Crippen LogP contribution is 2.65. The van der Waals surface area contributed by atoms with E-state index < -0.39 is 17.1 Å². The maximum absolute atomic E-state index is 13.0. The van der Waals surface area contributed by atoms with Crippen molar-refractivity contribution < 1.29 is 19.5 Å². The maximum Gasteiger partial charge on any atom is 0.243 e. The summed E-state index contributed by atoms with van der Waals surface area (Å²) in [7, 11) is 0. The third-order valence-electron chi connectivity index (χ3n) is 7.75. The van der Waals surface area contributed by atoms with Crippen LogP contribution in [0.15, 0.2) is 53.1 Å². The highest BCUT2D eigenvalue weighted by atomic mass is 32.2. The number of fused-ring (bicyclic) bond motifs is 1. The Hall–Kier alpha value is -2.38. The van der Waals surface area contributed by atoms with Gasteiger partial charge >= 0.3 is 0 Å². The molecule has 182 valence electrons. The number of hydrogen-bond acceptors (Lipinski definition) is 5. The Morgan fingerprint density at radius 2 is 1.88 bits per heavy atom. The van der Waals surface area contributed by atoms with Gasteiger partial charge < -0.3 is 15.7 Å². The predicted octanol–water partition coefficient (Wildman–Crippen LogP) is 3.48. The molecule has 1 aromatic carbocycles. The lowest BCUT2D eigenvalue weighted by atomic mass is 9.67. The SMILES string of the molecule is CC(=O)N[C@@H](CSCC1CC=C2C(=O)[C@](C)(O)C3(CC3)C(C)=C21)C(=O)N[C@@H](C)c1ccccc1. The number of nitrogens with one attached hydrogen (secondary N) is 2. The monoisotopic (exact) mass is 482 g/mol. The van der Waals surface area contributed by atoms with Gasteiger partial charge in [0.25, 0.3) is 0 Å². The van der Waals surface area contributed by atoms with Gasteiger partial charge in [-0.2, -0.15) is 11.8 Å². The fourth-order valence-electron chi connectivity index (χ4n) is 5.57. The fraction of sp³-hybridized carbons (Fsp3) is 0.519. The number of carbonyl (C=O) groups excluding carboxylic acids is 3. The molecule has 0 bridgehead atoms. The number of ketones is 1. The lowest BCUT2D eigenvalue weighted by molar-refractivity contribution is -0.137. The second-order valence-corrected chi connectivity index (χ2v) is 11.1. The van der Waals surface area contributed by atoms with E-state index in [1.807, 2.05) is 43.3 Å². The number of thioether (sulfide) groups is 1. The van der Waals surface area contributed by atoms with Crippen LogP contribution in [0.5, 0.6) is 0 Å². The van der Waals surface area contributed by atoms with Crippen molar-refractivity contribution >= 4 is 29.4 Å². The van der Waals surface area contributed by atoms with Crippen LogP contribution in [-0.2, 0) is 14.4 Å². The Labute approximate surface area is 205 Å². The predicted molar refractivity (Wildman–Crippen MR) is 134 cm³/mol. The molecule has 1 fully saturated rings. The summed E-state index contributed by atoms with van der Waals surface area (Å²) >= 11 is 1.61. The van der Waals surface area contributed by atoms with E-state index in [1.54, 1.807) is 18.7 Å². The average Bonchev–Trinajstić information content (AvgIpc) is 3.52. The van der Waals surface area contributed by atoms with Gasteiger partial charge in [-0.15, -0.1) is 0 Å². The number of benzene rings is 1. The molecule has 2 amide bonds. The average molecular weight is 483 g/mol. The van der Waals surface area contributed by atoms with Crippen LogP contribution in [0, 0.1) is 11.3 Å². The van der Waals surface area contributed by atoms with Gasteiger partial charge in [0.15, 0.2) is 5.78 Å². The fourth-order valence-corrected chi connectivity index (χ4v) is 6.76. The molecular formula is C27H34N2O4S. The Bertz CT molecular complexity index is 1060. The van der Waals surface area contributed by atoms with Crippen molar-refractivity contribution in [3.63, 3.8) is 0 Å². The second-order valence-electron chi connectivity index (χ2n) is 10.0. The summed E-state index contributed by atoms with van der Waals surface area (Å²) in [4.78, 5) is 37.7. The van der Waals surface area contributed by atoms with E-state index in [0.29, 0.717) is 11.3 Å². The van der Waals surface area contributed by atoms with Crippen molar-refractivity contribution in [2.24, 2.45) is 11.3 Å². The first-order chi connectivity index (χ1) is 16.1. The number of amides is 2. The summed E-state index contributed by atoms with van der Waals surface area (Å²) in [6.07, 6.45) is 4.42. The highest BCUT2D eigenvalue weighted by molar-refractivity contribution is 7.99. The van der Waals surface area contributed by atoms with Crippen molar-refractivity contribution in [1.82, 2.24) is 10.6 Å². The van der Waals surface area contributed by atoms with Gasteiger partial charge in [-0.3, -0.25) is 14.4 Å². The normalized spacial score (nSPS) is 26.6. The molecule has 1 unspecified atom stereocenters. The summed E-state index contributed by atoms with van der Waals surface area (Å²) in [5.41, 5.74) is 2.20. The lowest BCUT2D eigenvalue weighted by Gasteiger charge is -2.40. The zero-order valence-electron chi connectivity index (χ0n) is 20.3. The Morgan fingerprint density at radius 1 is 1.21 bits per heavy atom. The summed E-state index contributed by atoms with van der Waals surface area (Å²) in [5.74, 6) is 0.774. The standard InChI is InChI=1S/C27H34N2O4S/c1-16-23-20(10-11-21(23)24(31)26(4,33)27(16)12-13-27)14-34-15-22(29-18(3)30)25(32)28-17(2)19-8-6-5-7-9-19/h5-9,11,17,20,22,33H,10,12-15H2,1-4H3,(H,28,32)(H,29,30)/t17-,20?,22-,26-/m0/s1. The first-order valence-electron chi connectivity index (χ1n) is 12.0. The van der Waals surface area contributed by atoms with Gasteiger partial charge in [-0.05, 0) is 57.1 Å². The molecule has 1 saturated carbocycles. The summed E-state index contributed by atoms with van der Waals surface area (Å²) < 4.78 is 0. The van der Waals surface area contributed by atoms with Gasteiger partial charge in [0.2, 0.25) is 11.8 Å². The molecule has 7 heteroatoms. The molecule has 0 radical (unpaired) electrons. The smallest absolute Gasteiger partial charge is 0.243 e. The lowest BCUT2D eigenvalue weighted by Crippen LogP contribution is -2.49. The van der Waals surface area contributed by atoms with E-state index in [9.17, 15) is 19.5 Å². The van der Waals surface area contributed by atoms with Crippen LogP contribution in [0.2, 0.25) is 0 Å². The Balaban J connectivity index is 1.40. The van der Waals surface area contributed by atoms with Gasteiger partial charge in [-0.25, -0.2) is 0 Å². The number of aliphatic hydroxyl groups is 1. The van der Waals surface area contributed by atoms with E-state index >= 15 is 0 Å². The van der Waals surface area contributed by atoms with Crippen LogP contribution in [0.3, 0.4) is 0 Å². The molecule has 3 N–H and O–H groups in total. The third kappa shape index (κ3) is 4.36. The number of rotatable bonds is 8. The van der Waals surface area contributed by atoms with Gasteiger partial charge in [0.1, 0.15) is 11.6 Å². The number of Topliss-reactive ketones (excluding diaryl/α,β-unsaturated/α-hetero) is 1. The molecule has 3 aliphatic carbocycles. The van der Waals surface area contributed by atoms with Gasteiger partial charge in [0, 0.05) is 29.4 Å². The van der Waals surface area contributed by atoms with Crippen LogP contribution < -0.4 is 10.6 Å². The van der Waals surface area contributed by atoms with E-state index in [-0.39, 0.29) is 29.6 Å². The minimum Gasteiger partial charge on any atom is -0.381 e. The summed E-state index contributed by atoms with van der Waals surface area (Å²) in [5, 5.41) is 16.8. The molecule has 3 aliphatic rings. The maximum atomic E-state index is 13.0. The van der Waals surface area contributed by atoms with Crippen molar-refractivity contribution in [3.8, 4) is 0 Å².